The van der Waals surface area contributed by atoms with Crippen molar-refractivity contribution < 1.29 is 14.1 Å². The fraction of sp³-hybridized carbons (Fsp3) is 0.700. The second-order valence-electron chi connectivity index (χ2n) is 7.29. The maximum atomic E-state index is 12.4. The van der Waals surface area contributed by atoms with E-state index in [0.29, 0.717) is 38.4 Å². The highest BCUT2D eigenvalue weighted by molar-refractivity contribution is 6.06. The molecule has 1 aromatic rings. The minimum Gasteiger partial charge on any atom is -0.361 e. The van der Waals surface area contributed by atoms with Crippen LogP contribution in [0, 0.1) is 0 Å². The van der Waals surface area contributed by atoms with Crippen LogP contribution in [0.25, 0.3) is 0 Å². The van der Waals surface area contributed by atoms with E-state index in [9.17, 15) is 9.59 Å². The highest BCUT2D eigenvalue weighted by Crippen LogP contribution is 2.20. The zero-order valence-electron chi connectivity index (χ0n) is 18.2. The van der Waals surface area contributed by atoms with Gasteiger partial charge in [-0.05, 0) is 33.1 Å². The summed E-state index contributed by atoms with van der Waals surface area (Å²) < 4.78 is 5.39. The lowest BCUT2D eigenvalue weighted by Crippen LogP contribution is -2.43. The molecular formula is C20H34N6O3. The molecule has 1 aromatic heterocycles. The Hall–Kier alpha value is -2.58. The number of nitrogens with zero attached hydrogens (tertiary/aromatic N) is 3. The van der Waals surface area contributed by atoms with E-state index in [-0.39, 0.29) is 11.9 Å². The van der Waals surface area contributed by atoms with Crippen molar-refractivity contribution in [1.29, 1.82) is 0 Å². The fourth-order valence-corrected chi connectivity index (χ4v) is 3.25. The summed E-state index contributed by atoms with van der Waals surface area (Å²) in [5, 5.41) is 13.4. The number of aliphatic imine (C=N–C) groups is 1. The first kappa shape index (κ1) is 22.7. The maximum absolute atomic E-state index is 12.4. The van der Waals surface area contributed by atoms with E-state index in [1.807, 2.05) is 27.7 Å². The number of urea groups is 1. The van der Waals surface area contributed by atoms with Crippen molar-refractivity contribution in [3.05, 3.63) is 17.0 Å². The Labute approximate surface area is 172 Å². The Morgan fingerprint density at radius 2 is 1.97 bits per heavy atom. The summed E-state index contributed by atoms with van der Waals surface area (Å²) in [6.45, 7) is 11.9. The number of amides is 3. The SMILES string of the molecule is CCNC(=NCc1c(CC)noc1CC)NCCCN1C(=O)NC(C)(CC)C1=O. The van der Waals surface area contributed by atoms with Gasteiger partial charge in [-0.2, -0.15) is 0 Å². The van der Waals surface area contributed by atoms with Crippen molar-refractivity contribution >= 4 is 17.9 Å². The minimum atomic E-state index is -0.784. The van der Waals surface area contributed by atoms with Crippen LogP contribution in [0.15, 0.2) is 9.52 Å². The number of hydrogen-bond acceptors (Lipinski definition) is 5. The van der Waals surface area contributed by atoms with E-state index in [2.05, 4.69) is 26.1 Å². The van der Waals surface area contributed by atoms with Crippen LogP contribution in [0.2, 0.25) is 0 Å². The van der Waals surface area contributed by atoms with E-state index in [0.717, 1.165) is 36.4 Å². The third-order valence-electron chi connectivity index (χ3n) is 5.25. The predicted molar refractivity (Wildman–Crippen MR) is 112 cm³/mol. The maximum Gasteiger partial charge on any atom is 0.325 e. The van der Waals surface area contributed by atoms with Crippen LogP contribution < -0.4 is 16.0 Å². The van der Waals surface area contributed by atoms with Gasteiger partial charge in [0.1, 0.15) is 11.3 Å². The van der Waals surface area contributed by atoms with Crippen LogP contribution in [0.5, 0.6) is 0 Å². The second-order valence-corrected chi connectivity index (χ2v) is 7.29. The third-order valence-corrected chi connectivity index (χ3v) is 5.25. The van der Waals surface area contributed by atoms with Gasteiger partial charge in [-0.25, -0.2) is 9.79 Å². The molecule has 1 aliphatic heterocycles. The first-order chi connectivity index (χ1) is 13.9. The van der Waals surface area contributed by atoms with Crippen LogP contribution in [0.1, 0.15) is 64.5 Å². The van der Waals surface area contributed by atoms with Crippen LogP contribution in [-0.4, -0.2) is 53.1 Å². The normalized spacial score (nSPS) is 19.6. The number of rotatable bonds is 10. The van der Waals surface area contributed by atoms with Gasteiger partial charge in [-0.1, -0.05) is 25.9 Å². The number of carbonyl (C=O) groups is 2. The summed E-state index contributed by atoms with van der Waals surface area (Å²) in [6.07, 6.45) is 2.80. The van der Waals surface area contributed by atoms with E-state index in [4.69, 9.17) is 4.52 Å². The fourth-order valence-electron chi connectivity index (χ4n) is 3.25. The molecule has 1 fully saturated rings. The average molecular weight is 407 g/mol. The van der Waals surface area contributed by atoms with Crippen LogP contribution >= 0.6 is 0 Å². The molecule has 1 unspecified atom stereocenters. The van der Waals surface area contributed by atoms with Gasteiger partial charge in [-0.3, -0.25) is 9.69 Å². The van der Waals surface area contributed by atoms with Crippen molar-refractivity contribution in [2.24, 2.45) is 4.99 Å². The van der Waals surface area contributed by atoms with Gasteiger partial charge in [0.05, 0.1) is 12.2 Å². The Balaban J connectivity index is 1.90. The van der Waals surface area contributed by atoms with E-state index in [1.54, 1.807) is 6.92 Å². The molecule has 1 aliphatic rings. The molecule has 0 saturated carbocycles. The van der Waals surface area contributed by atoms with Crippen molar-refractivity contribution in [1.82, 2.24) is 26.0 Å². The number of guanidine groups is 1. The number of nitrogens with one attached hydrogen (secondary N) is 3. The molecule has 2 heterocycles. The van der Waals surface area contributed by atoms with E-state index in [1.165, 1.54) is 4.90 Å². The monoisotopic (exact) mass is 406 g/mol. The van der Waals surface area contributed by atoms with E-state index < -0.39 is 5.54 Å². The number of carbonyl (C=O) groups excluding carboxylic acids is 2. The van der Waals surface area contributed by atoms with Crippen LogP contribution in [0.3, 0.4) is 0 Å². The molecule has 1 saturated heterocycles. The molecule has 3 amide bonds. The van der Waals surface area contributed by atoms with E-state index >= 15 is 0 Å². The summed E-state index contributed by atoms with van der Waals surface area (Å²) >= 11 is 0. The molecule has 9 heteroatoms. The third kappa shape index (κ3) is 5.27. The molecule has 29 heavy (non-hydrogen) atoms. The van der Waals surface area contributed by atoms with Gasteiger partial charge in [0, 0.05) is 31.6 Å². The summed E-state index contributed by atoms with van der Waals surface area (Å²) in [7, 11) is 0. The molecule has 3 N–H and O–H groups in total. The van der Waals surface area contributed by atoms with Gasteiger partial charge >= 0.3 is 6.03 Å². The minimum absolute atomic E-state index is 0.155. The number of imide groups is 1. The molecule has 9 nitrogen and oxygen atoms in total. The summed E-state index contributed by atoms with van der Waals surface area (Å²) in [5.41, 5.74) is 1.21. The van der Waals surface area contributed by atoms with Crippen molar-refractivity contribution in [3.63, 3.8) is 0 Å². The van der Waals surface area contributed by atoms with Crippen molar-refractivity contribution in [3.8, 4) is 0 Å². The molecule has 0 aliphatic carbocycles. The van der Waals surface area contributed by atoms with Gasteiger partial charge in [0.15, 0.2) is 5.96 Å². The first-order valence-corrected chi connectivity index (χ1v) is 10.5. The average Bonchev–Trinajstić information content (AvgIpc) is 3.21. The Kier molecular flexibility index (Phi) is 8.04. The molecule has 162 valence electrons. The van der Waals surface area contributed by atoms with Gasteiger partial charge < -0.3 is 20.5 Å². The lowest BCUT2D eigenvalue weighted by atomic mass is 9.99. The van der Waals surface area contributed by atoms with Crippen molar-refractivity contribution in [2.75, 3.05) is 19.6 Å². The first-order valence-electron chi connectivity index (χ1n) is 10.5. The standard InChI is InChI=1S/C20H34N6O3/c1-6-15-14(16(7-2)29-25-15)13-23-18(21-9-4)22-11-10-12-26-17(27)20(5,8-3)24-19(26)28/h6-13H2,1-5H3,(H,24,28)(H2,21,22,23). The summed E-state index contributed by atoms with van der Waals surface area (Å²) in [5.74, 6) is 1.41. The Bertz CT molecular complexity index is 723. The van der Waals surface area contributed by atoms with Gasteiger partial charge in [0.25, 0.3) is 5.91 Å². The quantitative estimate of drug-likeness (QED) is 0.237. The highest BCUT2D eigenvalue weighted by Gasteiger charge is 2.45. The zero-order chi connectivity index (χ0) is 21.4. The smallest absolute Gasteiger partial charge is 0.325 e. The summed E-state index contributed by atoms with van der Waals surface area (Å²) in [6, 6.07) is -0.313. The Morgan fingerprint density at radius 3 is 2.55 bits per heavy atom. The predicted octanol–water partition coefficient (Wildman–Crippen LogP) is 1.97. The zero-order valence-corrected chi connectivity index (χ0v) is 18.2. The molecule has 0 bridgehead atoms. The van der Waals surface area contributed by atoms with Crippen LogP contribution in [-0.2, 0) is 24.2 Å². The molecule has 0 aromatic carbocycles. The molecule has 2 rings (SSSR count). The second kappa shape index (κ2) is 10.3. The number of aryl methyl sites for hydroxylation is 2. The topological polar surface area (TPSA) is 112 Å². The summed E-state index contributed by atoms with van der Waals surface area (Å²) in [4.78, 5) is 30.4. The van der Waals surface area contributed by atoms with Crippen molar-refractivity contribution in [2.45, 2.75) is 72.4 Å². The Morgan fingerprint density at radius 1 is 1.21 bits per heavy atom. The lowest BCUT2D eigenvalue weighted by molar-refractivity contribution is -0.130. The lowest BCUT2D eigenvalue weighted by Gasteiger charge is -2.19. The highest BCUT2D eigenvalue weighted by atomic mass is 16.5. The molecule has 0 radical (unpaired) electrons. The van der Waals surface area contributed by atoms with Crippen LogP contribution in [0.4, 0.5) is 4.79 Å². The van der Waals surface area contributed by atoms with Gasteiger partial charge in [0.2, 0.25) is 0 Å². The number of aromatic nitrogens is 1. The largest absolute Gasteiger partial charge is 0.361 e. The number of hydrogen-bond donors (Lipinski definition) is 3. The van der Waals surface area contributed by atoms with Gasteiger partial charge in [-0.15, -0.1) is 0 Å². The molecule has 0 spiro atoms. The molecular weight excluding hydrogens is 372 g/mol. The molecule has 1 atom stereocenters.